The summed E-state index contributed by atoms with van der Waals surface area (Å²) in [5, 5.41) is 15.8. The zero-order valence-electron chi connectivity index (χ0n) is 14.9. The van der Waals surface area contributed by atoms with E-state index in [-0.39, 0.29) is 11.3 Å². The van der Waals surface area contributed by atoms with Crippen LogP contribution in [-0.2, 0) is 15.1 Å². The molecule has 0 radical (unpaired) electrons. The van der Waals surface area contributed by atoms with E-state index in [0.29, 0.717) is 31.7 Å². The number of rotatable bonds is 5. The van der Waals surface area contributed by atoms with Crippen molar-refractivity contribution in [1.82, 2.24) is 5.32 Å². The largest absolute Gasteiger partial charge is 0.507 e. The number of phenols is 1. The van der Waals surface area contributed by atoms with Gasteiger partial charge in [0.25, 0.3) is 5.91 Å². The molecule has 0 aliphatic carbocycles. The molecule has 1 heterocycles. The minimum Gasteiger partial charge on any atom is -0.507 e. The fourth-order valence-electron chi connectivity index (χ4n) is 3.24. The minimum absolute atomic E-state index is 0.0960. The molecule has 3 rings (SSSR count). The molecule has 1 aliphatic heterocycles. The number of benzene rings is 2. The molecule has 6 nitrogen and oxygen atoms in total. The van der Waals surface area contributed by atoms with Gasteiger partial charge in [0, 0.05) is 18.9 Å². The Bertz CT molecular complexity index is 843. The first-order valence-corrected chi connectivity index (χ1v) is 8.76. The summed E-state index contributed by atoms with van der Waals surface area (Å²) in [6.07, 6.45) is 2.41. The van der Waals surface area contributed by atoms with E-state index in [1.54, 1.807) is 0 Å². The highest BCUT2D eigenvalue weighted by molar-refractivity contribution is 6.02. The Labute approximate surface area is 157 Å². The molecule has 6 heteroatoms. The zero-order chi connectivity index (χ0) is 19.3. The Morgan fingerprint density at radius 2 is 1.81 bits per heavy atom. The Morgan fingerprint density at radius 3 is 2.48 bits per heavy atom. The van der Waals surface area contributed by atoms with Crippen molar-refractivity contribution in [2.45, 2.75) is 18.4 Å². The molecular formula is C21H22N2O4. The summed E-state index contributed by atoms with van der Waals surface area (Å²) in [5.41, 5.74) is 0.933. The molecule has 0 saturated carbocycles. The molecule has 0 bridgehead atoms. The van der Waals surface area contributed by atoms with Crippen LogP contribution in [0.3, 0.4) is 0 Å². The van der Waals surface area contributed by atoms with Crippen LogP contribution in [0.1, 0.15) is 28.8 Å². The SMILES string of the molecule is C=CC(=O)Nc1ccc(O)c(C(=O)NC2(c3ccccc3)CCOCC2)c1. The highest BCUT2D eigenvalue weighted by Crippen LogP contribution is 2.33. The summed E-state index contributed by atoms with van der Waals surface area (Å²) >= 11 is 0. The van der Waals surface area contributed by atoms with Crippen LogP contribution < -0.4 is 10.6 Å². The standard InChI is InChI=1S/C21H22N2O4/c1-2-19(25)22-16-8-9-18(24)17(14-16)20(26)23-21(10-12-27-13-11-21)15-6-4-3-5-7-15/h2-9,14,24H,1,10-13H2,(H,22,25)(H,23,26). The zero-order valence-corrected chi connectivity index (χ0v) is 14.9. The monoisotopic (exact) mass is 366 g/mol. The third kappa shape index (κ3) is 4.17. The van der Waals surface area contributed by atoms with Crippen molar-refractivity contribution >= 4 is 17.5 Å². The summed E-state index contributed by atoms with van der Waals surface area (Å²) in [6.45, 7) is 4.48. The van der Waals surface area contributed by atoms with Crippen LogP contribution in [-0.4, -0.2) is 30.1 Å². The van der Waals surface area contributed by atoms with Crippen LogP contribution in [0.4, 0.5) is 5.69 Å². The molecule has 1 aliphatic rings. The minimum atomic E-state index is -0.566. The van der Waals surface area contributed by atoms with Gasteiger partial charge in [0.1, 0.15) is 5.75 Å². The van der Waals surface area contributed by atoms with E-state index in [4.69, 9.17) is 4.74 Å². The number of carbonyl (C=O) groups excluding carboxylic acids is 2. The van der Waals surface area contributed by atoms with Gasteiger partial charge in [0.15, 0.2) is 0 Å². The molecular weight excluding hydrogens is 344 g/mol. The predicted octanol–water partition coefficient (Wildman–Crippen LogP) is 2.95. The third-order valence-electron chi connectivity index (χ3n) is 4.72. The molecule has 2 aromatic rings. The normalized spacial score (nSPS) is 15.6. The Morgan fingerprint density at radius 1 is 1.11 bits per heavy atom. The van der Waals surface area contributed by atoms with E-state index < -0.39 is 17.4 Å². The van der Waals surface area contributed by atoms with E-state index in [2.05, 4.69) is 17.2 Å². The average Bonchev–Trinajstić information content (AvgIpc) is 2.70. The number of aromatic hydroxyl groups is 1. The fourth-order valence-corrected chi connectivity index (χ4v) is 3.24. The number of carbonyl (C=O) groups is 2. The Balaban J connectivity index is 1.89. The van der Waals surface area contributed by atoms with Crippen molar-refractivity contribution in [3.05, 3.63) is 72.3 Å². The van der Waals surface area contributed by atoms with Crippen molar-refractivity contribution in [3.8, 4) is 5.75 Å². The van der Waals surface area contributed by atoms with Crippen LogP contribution in [0, 0.1) is 0 Å². The summed E-state index contributed by atoms with van der Waals surface area (Å²) in [7, 11) is 0. The van der Waals surface area contributed by atoms with Gasteiger partial charge in [-0.25, -0.2) is 0 Å². The van der Waals surface area contributed by atoms with Crippen molar-refractivity contribution in [2.24, 2.45) is 0 Å². The second kappa shape index (κ2) is 8.05. The molecule has 140 valence electrons. The maximum atomic E-state index is 13.0. The van der Waals surface area contributed by atoms with E-state index >= 15 is 0 Å². The fraction of sp³-hybridized carbons (Fsp3) is 0.238. The van der Waals surface area contributed by atoms with Gasteiger partial charge >= 0.3 is 0 Å². The van der Waals surface area contributed by atoms with Crippen molar-refractivity contribution in [2.75, 3.05) is 18.5 Å². The second-order valence-electron chi connectivity index (χ2n) is 6.44. The number of amides is 2. The lowest BCUT2D eigenvalue weighted by Crippen LogP contribution is -2.49. The highest BCUT2D eigenvalue weighted by Gasteiger charge is 2.36. The summed E-state index contributed by atoms with van der Waals surface area (Å²) < 4.78 is 5.47. The Kier molecular flexibility index (Phi) is 5.57. The first-order chi connectivity index (χ1) is 13.0. The Hall–Kier alpha value is -3.12. The van der Waals surface area contributed by atoms with Crippen LogP contribution in [0.15, 0.2) is 61.2 Å². The van der Waals surface area contributed by atoms with Gasteiger partial charge in [-0.2, -0.15) is 0 Å². The topological polar surface area (TPSA) is 87.7 Å². The van der Waals surface area contributed by atoms with Crippen LogP contribution in [0.2, 0.25) is 0 Å². The highest BCUT2D eigenvalue weighted by atomic mass is 16.5. The smallest absolute Gasteiger partial charge is 0.255 e. The second-order valence-corrected chi connectivity index (χ2v) is 6.44. The molecule has 0 unspecified atom stereocenters. The number of hydrogen-bond donors (Lipinski definition) is 3. The van der Waals surface area contributed by atoms with E-state index in [9.17, 15) is 14.7 Å². The van der Waals surface area contributed by atoms with Crippen molar-refractivity contribution in [3.63, 3.8) is 0 Å². The van der Waals surface area contributed by atoms with E-state index in [1.165, 1.54) is 18.2 Å². The molecule has 1 fully saturated rings. The van der Waals surface area contributed by atoms with Gasteiger partial charge in [-0.1, -0.05) is 36.9 Å². The average molecular weight is 366 g/mol. The maximum absolute atomic E-state index is 13.0. The number of ether oxygens (including phenoxy) is 1. The lowest BCUT2D eigenvalue weighted by atomic mass is 9.82. The van der Waals surface area contributed by atoms with Gasteiger partial charge in [-0.05, 0) is 42.7 Å². The molecule has 2 amide bonds. The summed E-state index contributed by atoms with van der Waals surface area (Å²) in [6, 6.07) is 14.1. The molecule has 1 saturated heterocycles. The lowest BCUT2D eigenvalue weighted by molar-refractivity contribution is -0.111. The predicted molar refractivity (Wildman–Crippen MR) is 103 cm³/mol. The molecule has 27 heavy (non-hydrogen) atoms. The van der Waals surface area contributed by atoms with Gasteiger partial charge in [0.2, 0.25) is 5.91 Å². The number of anilines is 1. The van der Waals surface area contributed by atoms with Gasteiger partial charge < -0.3 is 20.5 Å². The maximum Gasteiger partial charge on any atom is 0.255 e. The van der Waals surface area contributed by atoms with Gasteiger partial charge in [-0.15, -0.1) is 0 Å². The lowest BCUT2D eigenvalue weighted by Gasteiger charge is -2.38. The quantitative estimate of drug-likeness (QED) is 0.561. The molecule has 0 spiro atoms. The van der Waals surface area contributed by atoms with E-state index in [0.717, 1.165) is 11.6 Å². The first kappa shape index (κ1) is 18.7. The molecule has 0 atom stereocenters. The molecule has 2 aromatic carbocycles. The van der Waals surface area contributed by atoms with Gasteiger partial charge in [0.05, 0.1) is 11.1 Å². The van der Waals surface area contributed by atoms with Gasteiger partial charge in [-0.3, -0.25) is 9.59 Å². The van der Waals surface area contributed by atoms with Crippen LogP contribution in [0.5, 0.6) is 5.75 Å². The summed E-state index contributed by atoms with van der Waals surface area (Å²) in [5.74, 6) is -0.954. The first-order valence-electron chi connectivity index (χ1n) is 8.76. The van der Waals surface area contributed by atoms with E-state index in [1.807, 2.05) is 30.3 Å². The molecule has 3 N–H and O–H groups in total. The van der Waals surface area contributed by atoms with Crippen LogP contribution in [0.25, 0.3) is 0 Å². The number of hydrogen-bond acceptors (Lipinski definition) is 4. The number of nitrogens with one attached hydrogen (secondary N) is 2. The third-order valence-corrected chi connectivity index (χ3v) is 4.72. The number of phenolic OH excluding ortho intramolecular Hbond substituents is 1. The molecule has 0 aromatic heterocycles. The van der Waals surface area contributed by atoms with Crippen LogP contribution >= 0.6 is 0 Å². The van der Waals surface area contributed by atoms with Crippen molar-refractivity contribution in [1.29, 1.82) is 0 Å². The van der Waals surface area contributed by atoms with Crippen molar-refractivity contribution < 1.29 is 19.4 Å². The summed E-state index contributed by atoms with van der Waals surface area (Å²) in [4.78, 5) is 24.5.